The molecule has 0 saturated carbocycles. The van der Waals surface area contributed by atoms with Gasteiger partial charge < -0.3 is 4.84 Å². The predicted molar refractivity (Wildman–Crippen MR) is 49.4 cm³/mol. The summed E-state index contributed by atoms with van der Waals surface area (Å²) in [6, 6.07) is 9.83. The van der Waals surface area contributed by atoms with Crippen molar-refractivity contribution >= 4 is 0 Å². The van der Waals surface area contributed by atoms with Crippen molar-refractivity contribution in [3.05, 3.63) is 36.0 Å². The third kappa shape index (κ3) is 1.35. The number of benzene rings is 1. The van der Waals surface area contributed by atoms with Gasteiger partial charge >= 0.3 is 0 Å². The largest absolute Gasteiger partial charge is 0.305 e. The van der Waals surface area contributed by atoms with Gasteiger partial charge in [0.1, 0.15) is 12.0 Å². The molecule has 1 aromatic carbocycles. The van der Waals surface area contributed by atoms with Crippen LogP contribution >= 0.6 is 0 Å². The van der Waals surface area contributed by atoms with E-state index in [4.69, 9.17) is 9.47 Å². The van der Waals surface area contributed by atoms with E-state index in [1.807, 2.05) is 37.3 Å². The van der Waals surface area contributed by atoms with Gasteiger partial charge in [-0.25, -0.2) is 0 Å². The SMILES string of the molecule is CO[n+]1onc(-c2ccccc2)c1C. The minimum atomic E-state index is 0.799. The summed E-state index contributed by atoms with van der Waals surface area (Å²) in [6.45, 7) is 1.89. The molecule has 0 amide bonds. The van der Waals surface area contributed by atoms with Gasteiger partial charge in [-0.2, -0.15) is 0 Å². The molecule has 0 radical (unpaired) electrons. The average molecular weight is 191 g/mol. The van der Waals surface area contributed by atoms with Crippen LogP contribution in [0.4, 0.5) is 0 Å². The van der Waals surface area contributed by atoms with E-state index < -0.39 is 0 Å². The topological polar surface area (TPSA) is 39.1 Å². The Morgan fingerprint density at radius 3 is 2.57 bits per heavy atom. The normalized spacial score (nSPS) is 10.1. The highest BCUT2D eigenvalue weighted by Crippen LogP contribution is 2.17. The Bertz CT molecular complexity index is 423. The summed E-state index contributed by atoms with van der Waals surface area (Å²) >= 11 is 0. The fraction of sp³-hybridized carbons (Fsp3) is 0.200. The van der Waals surface area contributed by atoms with Crippen LogP contribution in [-0.4, -0.2) is 12.3 Å². The van der Waals surface area contributed by atoms with Crippen molar-refractivity contribution in [2.75, 3.05) is 7.11 Å². The summed E-state index contributed by atoms with van der Waals surface area (Å²) in [7, 11) is 1.53. The highest BCUT2D eigenvalue weighted by atomic mass is 16.8. The molecule has 2 aromatic rings. The van der Waals surface area contributed by atoms with E-state index in [9.17, 15) is 0 Å². The Balaban J connectivity index is 2.48. The summed E-state index contributed by atoms with van der Waals surface area (Å²) in [6.07, 6.45) is 0. The second-order valence-electron chi connectivity index (χ2n) is 2.91. The number of aromatic nitrogens is 2. The van der Waals surface area contributed by atoms with Gasteiger partial charge in [-0.15, -0.1) is 0 Å². The number of nitrogens with zero attached hydrogens (tertiary/aromatic N) is 2. The van der Waals surface area contributed by atoms with Gasteiger partial charge in [-0.1, -0.05) is 30.3 Å². The molecule has 4 heteroatoms. The van der Waals surface area contributed by atoms with E-state index in [0.717, 1.165) is 17.0 Å². The zero-order chi connectivity index (χ0) is 9.97. The van der Waals surface area contributed by atoms with Gasteiger partial charge in [-0.05, 0) is 4.63 Å². The van der Waals surface area contributed by atoms with Crippen LogP contribution < -0.4 is 9.74 Å². The molecule has 1 aromatic heterocycles. The maximum absolute atomic E-state index is 4.94. The Labute approximate surface area is 81.6 Å². The Kier molecular flexibility index (Phi) is 2.18. The fourth-order valence-corrected chi connectivity index (χ4v) is 1.32. The number of rotatable bonds is 2. The van der Waals surface area contributed by atoms with Crippen molar-refractivity contribution in [2.24, 2.45) is 0 Å². The predicted octanol–water partition coefficient (Wildman–Crippen LogP) is 0.996. The molecular formula is C10H11N2O2+. The first-order chi connectivity index (χ1) is 6.83. The smallest absolute Gasteiger partial charge is 0.281 e. The van der Waals surface area contributed by atoms with Crippen molar-refractivity contribution < 1.29 is 14.4 Å². The molecule has 0 bridgehead atoms. The average Bonchev–Trinajstić information content (AvgIpc) is 2.61. The van der Waals surface area contributed by atoms with Crippen molar-refractivity contribution in [2.45, 2.75) is 6.92 Å². The van der Waals surface area contributed by atoms with Gasteiger partial charge in [0.25, 0.3) is 5.69 Å². The highest BCUT2D eigenvalue weighted by molar-refractivity contribution is 5.59. The third-order valence-corrected chi connectivity index (χ3v) is 2.04. The molecule has 1 heterocycles. The third-order valence-electron chi connectivity index (χ3n) is 2.04. The van der Waals surface area contributed by atoms with Crippen LogP contribution in [0.3, 0.4) is 0 Å². The number of hydrogen-bond donors (Lipinski definition) is 0. The number of hydrogen-bond acceptors (Lipinski definition) is 3. The van der Waals surface area contributed by atoms with Crippen molar-refractivity contribution in [1.29, 1.82) is 0 Å². The van der Waals surface area contributed by atoms with Crippen LogP contribution in [0.25, 0.3) is 11.3 Å². The zero-order valence-electron chi connectivity index (χ0n) is 8.10. The summed E-state index contributed by atoms with van der Waals surface area (Å²) < 4.78 is 4.94. The summed E-state index contributed by atoms with van der Waals surface area (Å²) in [4.78, 5) is 6.21. The second kappa shape index (κ2) is 3.49. The Hall–Kier alpha value is -1.84. The Morgan fingerprint density at radius 2 is 2.00 bits per heavy atom. The van der Waals surface area contributed by atoms with Crippen LogP contribution in [0, 0.1) is 6.92 Å². The first kappa shape index (κ1) is 8.74. The molecule has 0 saturated heterocycles. The minimum absolute atomic E-state index is 0.799. The molecule has 14 heavy (non-hydrogen) atoms. The maximum Gasteiger partial charge on any atom is 0.281 e. The van der Waals surface area contributed by atoms with Crippen molar-refractivity contribution in [3.63, 3.8) is 0 Å². The van der Waals surface area contributed by atoms with Crippen molar-refractivity contribution in [1.82, 2.24) is 5.16 Å². The molecule has 72 valence electrons. The molecule has 0 atom stereocenters. The molecule has 0 N–H and O–H groups in total. The molecule has 2 rings (SSSR count). The van der Waals surface area contributed by atoms with Crippen LogP contribution in [0.5, 0.6) is 0 Å². The van der Waals surface area contributed by atoms with E-state index in [-0.39, 0.29) is 0 Å². The summed E-state index contributed by atoms with van der Waals surface area (Å²) in [5.41, 5.74) is 2.66. The van der Waals surface area contributed by atoms with E-state index in [1.54, 1.807) is 0 Å². The molecule has 0 unspecified atom stereocenters. The van der Waals surface area contributed by atoms with Crippen LogP contribution in [0.15, 0.2) is 35.0 Å². The quantitative estimate of drug-likeness (QED) is 0.710. The van der Waals surface area contributed by atoms with E-state index in [1.165, 1.54) is 12.0 Å². The van der Waals surface area contributed by atoms with Gasteiger partial charge in [0.2, 0.25) is 5.69 Å². The summed E-state index contributed by atoms with van der Waals surface area (Å²) in [5, 5.41) is 3.92. The van der Waals surface area contributed by atoms with Gasteiger partial charge in [0.15, 0.2) is 5.16 Å². The molecule has 0 fully saturated rings. The maximum atomic E-state index is 4.94. The van der Waals surface area contributed by atoms with Crippen LogP contribution in [0.1, 0.15) is 5.69 Å². The molecular weight excluding hydrogens is 180 g/mol. The van der Waals surface area contributed by atoms with Crippen molar-refractivity contribution in [3.8, 4) is 11.3 Å². The molecule has 0 aliphatic carbocycles. The standard InChI is InChI=1S/C10H11N2O2/c1-8-10(11-14-12(8)13-2)9-6-4-3-5-7-9/h3-7H,1-2H3/q+1. The van der Waals surface area contributed by atoms with Gasteiger partial charge in [0, 0.05) is 12.5 Å². The fourth-order valence-electron chi connectivity index (χ4n) is 1.32. The van der Waals surface area contributed by atoms with Crippen LogP contribution in [0.2, 0.25) is 0 Å². The van der Waals surface area contributed by atoms with Gasteiger partial charge in [-0.3, -0.25) is 0 Å². The second-order valence-corrected chi connectivity index (χ2v) is 2.91. The lowest BCUT2D eigenvalue weighted by Crippen LogP contribution is -2.40. The van der Waals surface area contributed by atoms with Crippen LogP contribution in [-0.2, 0) is 0 Å². The van der Waals surface area contributed by atoms with E-state index in [2.05, 4.69) is 5.16 Å². The Morgan fingerprint density at radius 1 is 1.29 bits per heavy atom. The summed E-state index contributed by atoms with van der Waals surface area (Å²) in [5.74, 6) is 0. The minimum Gasteiger partial charge on any atom is -0.305 e. The monoisotopic (exact) mass is 191 g/mol. The zero-order valence-corrected chi connectivity index (χ0v) is 8.10. The molecule has 0 aliphatic rings. The molecule has 0 spiro atoms. The molecule has 4 nitrogen and oxygen atoms in total. The van der Waals surface area contributed by atoms with E-state index in [0.29, 0.717) is 0 Å². The first-order valence-corrected chi connectivity index (χ1v) is 4.31. The molecule has 0 aliphatic heterocycles. The lowest BCUT2D eigenvalue weighted by molar-refractivity contribution is -1.02. The lowest BCUT2D eigenvalue weighted by atomic mass is 10.1. The van der Waals surface area contributed by atoms with E-state index >= 15 is 0 Å². The van der Waals surface area contributed by atoms with Gasteiger partial charge in [0.05, 0.1) is 0 Å². The lowest BCUT2D eigenvalue weighted by Gasteiger charge is -1.90. The first-order valence-electron chi connectivity index (χ1n) is 4.31. The highest BCUT2D eigenvalue weighted by Gasteiger charge is 2.22.